The molecule has 0 spiro atoms. The van der Waals surface area contributed by atoms with Crippen molar-refractivity contribution in [3.8, 4) is 0 Å². The summed E-state index contributed by atoms with van der Waals surface area (Å²) in [6, 6.07) is 4.50. The van der Waals surface area contributed by atoms with Crippen molar-refractivity contribution in [3.05, 3.63) is 39.8 Å². The van der Waals surface area contributed by atoms with E-state index in [2.05, 4.69) is 51.9 Å². The van der Waals surface area contributed by atoms with Gasteiger partial charge in [0.1, 0.15) is 0 Å². The number of aromatic nitrogens is 2. The van der Waals surface area contributed by atoms with Gasteiger partial charge in [0, 0.05) is 6.54 Å². The zero-order chi connectivity index (χ0) is 13.7. The standard InChI is InChI=1S/C14H22N4S/c1-3-12-9-14(18(4-2)17-12)13(16-15)6-5-11-7-8-19-10-11/h7-10,13,16H,3-6,15H2,1-2H3. The first-order chi connectivity index (χ1) is 9.28. The summed E-state index contributed by atoms with van der Waals surface area (Å²) >= 11 is 1.74. The van der Waals surface area contributed by atoms with Gasteiger partial charge in [-0.25, -0.2) is 0 Å². The molecule has 0 bridgehead atoms. The SMILES string of the molecule is CCc1cc(C(CCc2ccsc2)NN)n(CC)n1. The molecule has 0 saturated heterocycles. The maximum Gasteiger partial charge on any atom is 0.0632 e. The van der Waals surface area contributed by atoms with Gasteiger partial charge >= 0.3 is 0 Å². The molecule has 2 aromatic heterocycles. The Hall–Kier alpha value is -1.17. The first-order valence-corrected chi connectivity index (χ1v) is 7.76. The number of nitrogens with zero attached hydrogens (tertiary/aromatic N) is 2. The first kappa shape index (κ1) is 14.2. The van der Waals surface area contributed by atoms with Gasteiger partial charge in [-0.2, -0.15) is 16.4 Å². The summed E-state index contributed by atoms with van der Waals surface area (Å²) in [7, 11) is 0. The molecule has 1 atom stereocenters. The summed E-state index contributed by atoms with van der Waals surface area (Å²) in [4.78, 5) is 0. The summed E-state index contributed by atoms with van der Waals surface area (Å²) in [6.07, 6.45) is 2.98. The van der Waals surface area contributed by atoms with E-state index >= 15 is 0 Å². The highest BCUT2D eigenvalue weighted by molar-refractivity contribution is 7.07. The second-order valence-electron chi connectivity index (χ2n) is 4.62. The van der Waals surface area contributed by atoms with Crippen LogP contribution < -0.4 is 11.3 Å². The molecule has 0 aliphatic rings. The molecule has 2 rings (SSSR count). The Bertz CT molecular complexity index is 490. The van der Waals surface area contributed by atoms with Crippen molar-refractivity contribution in [2.75, 3.05) is 0 Å². The van der Waals surface area contributed by atoms with Crippen LogP contribution in [0.4, 0.5) is 0 Å². The molecule has 0 saturated carbocycles. The highest BCUT2D eigenvalue weighted by Gasteiger charge is 2.16. The number of rotatable bonds is 7. The Labute approximate surface area is 118 Å². The number of nitrogens with one attached hydrogen (secondary N) is 1. The molecular weight excluding hydrogens is 256 g/mol. The van der Waals surface area contributed by atoms with Crippen molar-refractivity contribution in [1.29, 1.82) is 0 Å². The van der Waals surface area contributed by atoms with Gasteiger partial charge in [-0.15, -0.1) is 0 Å². The Kier molecular flexibility index (Phi) is 5.13. The van der Waals surface area contributed by atoms with Crippen molar-refractivity contribution >= 4 is 11.3 Å². The van der Waals surface area contributed by atoms with Gasteiger partial charge in [-0.05, 0) is 54.6 Å². The highest BCUT2D eigenvalue weighted by atomic mass is 32.1. The average Bonchev–Trinajstić information content (AvgIpc) is 3.08. The Morgan fingerprint density at radius 2 is 2.32 bits per heavy atom. The molecule has 0 aliphatic heterocycles. The van der Waals surface area contributed by atoms with E-state index in [0.717, 1.165) is 31.5 Å². The minimum absolute atomic E-state index is 0.160. The molecule has 0 aromatic carbocycles. The number of hydrazine groups is 1. The normalized spacial score (nSPS) is 12.8. The molecule has 5 heteroatoms. The molecule has 4 nitrogen and oxygen atoms in total. The van der Waals surface area contributed by atoms with E-state index < -0.39 is 0 Å². The third-order valence-corrected chi connectivity index (χ3v) is 4.12. The lowest BCUT2D eigenvalue weighted by atomic mass is 10.0. The van der Waals surface area contributed by atoms with Gasteiger partial charge in [-0.3, -0.25) is 16.0 Å². The second-order valence-corrected chi connectivity index (χ2v) is 5.40. The molecule has 0 fully saturated rings. The van der Waals surface area contributed by atoms with E-state index in [1.807, 2.05) is 0 Å². The van der Waals surface area contributed by atoms with Crippen LogP contribution in [0.3, 0.4) is 0 Å². The molecule has 2 heterocycles. The highest BCUT2D eigenvalue weighted by Crippen LogP contribution is 2.21. The lowest BCUT2D eigenvalue weighted by molar-refractivity contribution is 0.466. The molecule has 104 valence electrons. The van der Waals surface area contributed by atoms with Gasteiger partial charge in [0.25, 0.3) is 0 Å². The molecule has 0 aliphatic carbocycles. The second kappa shape index (κ2) is 6.84. The van der Waals surface area contributed by atoms with E-state index in [4.69, 9.17) is 5.84 Å². The monoisotopic (exact) mass is 278 g/mol. The van der Waals surface area contributed by atoms with Crippen LogP contribution in [0, 0.1) is 0 Å². The minimum atomic E-state index is 0.160. The van der Waals surface area contributed by atoms with Gasteiger partial charge < -0.3 is 0 Å². The van der Waals surface area contributed by atoms with Crippen molar-refractivity contribution < 1.29 is 0 Å². The Balaban J connectivity index is 2.09. The minimum Gasteiger partial charge on any atom is -0.271 e. The van der Waals surface area contributed by atoms with E-state index in [-0.39, 0.29) is 6.04 Å². The maximum atomic E-state index is 5.73. The zero-order valence-electron chi connectivity index (χ0n) is 11.6. The number of nitrogens with two attached hydrogens (primary N) is 1. The van der Waals surface area contributed by atoms with Gasteiger partial charge in [-0.1, -0.05) is 6.92 Å². The number of aryl methyl sites for hydroxylation is 3. The summed E-state index contributed by atoms with van der Waals surface area (Å²) in [5, 5.41) is 8.90. The van der Waals surface area contributed by atoms with Crippen molar-refractivity contribution in [1.82, 2.24) is 15.2 Å². The zero-order valence-corrected chi connectivity index (χ0v) is 12.4. The predicted molar refractivity (Wildman–Crippen MR) is 80.0 cm³/mol. The van der Waals surface area contributed by atoms with Crippen LogP contribution in [-0.2, 0) is 19.4 Å². The fraction of sp³-hybridized carbons (Fsp3) is 0.500. The van der Waals surface area contributed by atoms with Gasteiger partial charge in [0.2, 0.25) is 0 Å². The van der Waals surface area contributed by atoms with Crippen LogP contribution in [0.2, 0.25) is 0 Å². The Morgan fingerprint density at radius 3 is 2.89 bits per heavy atom. The molecule has 1 unspecified atom stereocenters. The van der Waals surface area contributed by atoms with Gasteiger partial charge in [0.05, 0.1) is 17.4 Å². The van der Waals surface area contributed by atoms with E-state index in [9.17, 15) is 0 Å². The summed E-state index contributed by atoms with van der Waals surface area (Å²) < 4.78 is 2.05. The number of hydrogen-bond acceptors (Lipinski definition) is 4. The smallest absolute Gasteiger partial charge is 0.0632 e. The molecular formula is C14H22N4S. The quantitative estimate of drug-likeness (QED) is 0.605. The molecule has 0 radical (unpaired) electrons. The van der Waals surface area contributed by atoms with Crippen LogP contribution in [0.25, 0.3) is 0 Å². The third kappa shape index (κ3) is 3.43. The molecule has 3 N–H and O–H groups in total. The molecule has 2 aromatic rings. The van der Waals surface area contributed by atoms with Crippen molar-refractivity contribution in [3.63, 3.8) is 0 Å². The fourth-order valence-electron chi connectivity index (χ4n) is 2.26. The number of hydrogen-bond donors (Lipinski definition) is 2. The van der Waals surface area contributed by atoms with Crippen molar-refractivity contribution in [2.45, 2.75) is 45.7 Å². The summed E-state index contributed by atoms with van der Waals surface area (Å²) in [5.74, 6) is 5.73. The van der Waals surface area contributed by atoms with Crippen LogP contribution in [0.1, 0.15) is 43.3 Å². The third-order valence-electron chi connectivity index (χ3n) is 3.38. The van der Waals surface area contributed by atoms with Crippen molar-refractivity contribution in [2.24, 2.45) is 5.84 Å². The first-order valence-electron chi connectivity index (χ1n) is 6.82. The number of thiophene rings is 1. The van der Waals surface area contributed by atoms with Crippen LogP contribution in [0.15, 0.2) is 22.9 Å². The average molecular weight is 278 g/mol. The lowest BCUT2D eigenvalue weighted by Gasteiger charge is -2.16. The predicted octanol–water partition coefficient (Wildman–Crippen LogP) is 2.66. The fourth-order valence-corrected chi connectivity index (χ4v) is 2.96. The maximum absolute atomic E-state index is 5.73. The largest absolute Gasteiger partial charge is 0.271 e. The molecule has 0 amide bonds. The topological polar surface area (TPSA) is 55.9 Å². The van der Waals surface area contributed by atoms with Crippen LogP contribution in [-0.4, -0.2) is 9.78 Å². The Morgan fingerprint density at radius 1 is 1.47 bits per heavy atom. The van der Waals surface area contributed by atoms with Crippen LogP contribution >= 0.6 is 11.3 Å². The van der Waals surface area contributed by atoms with E-state index in [0.29, 0.717) is 0 Å². The molecule has 19 heavy (non-hydrogen) atoms. The lowest BCUT2D eigenvalue weighted by Crippen LogP contribution is -2.30. The van der Waals surface area contributed by atoms with Crippen LogP contribution in [0.5, 0.6) is 0 Å². The van der Waals surface area contributed by atoms with E-state index in [1.54, 1.807) is 11.3 Å². The summed E-state index contributed by atoms with van der Waals surface area (Å²) in [6.45, 7) is 5.12. The summed E-state index contributed by atoms with van der Waals surface area (Å²) in [5.41, 5.74) is 6.64. The van der Waals surface area contributed by atoms with Gasteiger partial charge in [0.15, 0.2) is 0 Å². The van der Waals surface area contributed by atoms with E-state index in [1.165, 1.54) is 11.3 Å².